The molecule has 1 heterocycles. The first-order valence-corrected chi connectivity index (χ1v) is 8.31. The Morgan fingerprint density at radius 3 is 2.33 bits per heavy atom. The summed E-state index contributed by atoms with van der Waals surface area (Å²) in [5.74, 6) is 0.727. The van der Waals surface area contributed by atoms with E-state index in [1.54, 1.807) is 0 Å². The van der Waals surface area contributed by atoms with Crippen molar-refractivity contribution in [3.63, 3.8) is 0 Å². The average molecular weight is 289 g/mol. The number of nitrogens with one attached hydrogen (secondary N) is 1. The van der Waals surface area contributed by atoms with Crippen molar-refractivity contribution in [3.8, 4) is 0 Å². The van der Waals surface area contributed by atoms with Crippen LogP contribution in [0.2, 0.25) is 0 Å². The molecule has 1 aromatic carbocycles. The molecule has 1 fully saturated rings. The van der Waals surface area contributed by atoms with E-state index < -0.39 is 0 Å². The Morgan fingerprint density at radius 2 is 1.86 bits per heavy atom. The van der Waals surface area contributed by atoms with Crippen molar-refractivity contribution < 1.29 is 0 Å². The smallest absolute Gasteiger partial charge is 0.0367 e. The van der Waals surface area contributed by atoms with E-state index in [2.05, 4.69) is 74.2 Å². The van der Waals surface area contributed by atoms with E-state index in [0.29, 0.717) is 12.1 Å². The maximum Gasteiger partial charge on any atom is 0.0367 e. The fraction of sp³-hybridized carbons (Fsp3) is 0.667. The molecule has 1 aliphatic heterocycles. The van der Waals surface area contributed by atoms with Gasteiger partial charge in [-0.1, -0.05) is 32.9 Å². The zero-order chi connectivity index (χ0) is 15.4. The molecule has 118 valence electrons. The Bertz CT molecular complexity index is 427. The van der Waals surface area contributed by atoms with Crippen LogP contribution >= 0.6 is 0 Å². The van der Waals surface area contributed by atoms with E-state index in [9.17, 15) is 0 Å². The van der Waals surface area contributed by atoms with Gasteiger partial charge >= 0.3 is 0 Å². The lowest BCUT2D eigenvalue weighted by Gasteiger charge is -2.23. The zero-order valence-corrected chi connectivity index (χ0v) is 14.3. The third kappa shape index (κ3) is 3.78. The highest BCUT2D eigenvalue weighted by atomic mass is 15.2. The van der Waals surface area contributed by atoms with Crippen LogP contribution in [-0.4, -0.2) is 44.7 Å². The Labute approximate surface area is 130 Å². The molecule has 0 saturated carbocycles. The fourth-order valence-corrected chi connectivity index (χ4v) is 3.49. The number of rotatable bonds is 6. The number of likely N-dealkylation sites (N-methyl/N-ethyl adjacent to an activating group) is 1. The van der Waals surface area contributed by atoms with Gasteiger partial charge in [-0.25, -0.2) is 0 Å². The van der Waals surface area contributed by atoms with E-state index >= 15 is 0 Å². The second kappa shape index (κ2) is 7.28. The third-order valence-corrected chi connectivity index (χ3v) is 4.76. The van der Waals surface area contributed by atoms with Gasteiger partial charge in [0.1, 0.15) is 0 Å². The summed E-state index contributed by atoms with van der Waals surface area (Å²) in [6.07, 6.45) is 1.14. The van der Waals surface area contributed by atoms with Crippen LogP contribution in [0.5, 0.6) is 0 Å². The van der Waals surface area contributed by atoms with E-state index in [4.69, 9.17) is 0 Å². The SMILES string of the molecule is CCNC(CC)c1ccc(N2CC(C)C(N(C)C)C2)cc1. The molecule has 1 saturated heterocycles. The molecule has 3 atom stereocenters. The minimum absolute atomic E-state index is 0.482. The first kappa shape index (κ1) is 16.3. The third-order valence-electron chi connectivity index (χ3n) is 4.76. The van der Waals surface area contributed by atoms with Crippen molar-refractivity contribution in [2.24, 2.45) is 5.92 Å². The topological polar surface area (TPSA) is 18.5 Å². The second-order valence-corrected chi connectivity index (χ2v) is 6.52. The quantitative estimate of drug-likeness (QED) is 0.868. The predicted octanol–water partition coefficient (Wildman–Crippen LogP) is 3.13. The molecule has 1 N–H and O–H groups in total. The minimum atomic E-state index is 0.482. The van der Waals surface area contributed by atoms with Crippen molar-refractivity contribution in [3.05, 3.63) is 29.8 Å². The van der Waals surface area contributed by atoms with Gasteiger partial charge in [-0.05, 0) is 50.7 Å². The Morgan fingerprint density at radius 1 is 1.19 bits per heavy atom. The molecule has 0 radical (unpaired) electrons. The van der Waals surface area contributed by atoms with E-state index in [1.165, 1.54) is 11.3 Å². The molecule has 0 aromatic heterocycles. The molecule has 0 amide bonds. The summed E-state index contributed by atoms with van der Waals surface area (Å²) in [6.45, 7) is 10.1. The highest BCUT2D eigenvalue weighted by molar-refractivity contribution is 5.49. The average Bonchev–Trinajstić information content (AvgIpc) is 2.87. The number of hydrogen-bond donors (Lipinski definition) is 1. The van der Waals surface area contributed by atoms with Gasteiger partial charge in [0.15, 0.2) is 0 Å². The summed E-state index contributed by atoms with van der Waals surface area (Å²) < 4.78 is 0. The summed E-state index contributed by atoms with van der Waals surface area (Å²) in [6, 6.07) is 10.3. The molecule has 1 aromatic rings. The lowest BCUT2D eigenvalue weighted by molar-refractivity contribution is 0.266. The van der Waals surface area contributed by atoms with Gasteiger partial charge in [0, 0.05) is 30.9 Å². The van der Waals surface area contributed by atoms with Crippen molar-refractivity contribution in [1.82, 2.24) is 10.2 Å². The minimum Gasteiger partial charge on any atom is -0.370 e. The number of anilines is 1. The van der Waals surface area contributed by atoms with Crippen LogP contribution < -0.4 is 10.2 Å². The molecule has 21 heavy (non-hydrogen) atoms. The van der Waals surface area contributed by atoms with Crippen LogP contribution in [0.4, 0.5) is 5.69 Å². The predicted molar refractivity (Wildman–Crippen MR) is 92.0 cm³/mol. The molecule has 0 aliphatic carbocycles. The fourth-order valence-electron chi connectivity index (χ4n) is 3.49. The Hall–Kier alpha value is -1.06. The number of nitrogens with zero attached hydrogens (tertiary/aromatic N) is 2. The van der Waals surface area contributed by atoms with Crippen LogP contribution in [0.3, 0.4) is 0 Å². The highest BCUT2D eigenvalue weighted by Gasteiger charge is 2.30. The monoisotopic (exact) mass is 289 g/mol. The van der Waals surface area contributed by atoms with E-state index in [-0.39, 0.29) is 0 Å². The summed E-state index contributed by atoms with van der Waals surface area (Å²) >= 11 is 0. The molecule has 0 spiro atoms. The molecule has 2 rings (SSSR count). The summed E-state index contributed by atoms with van der Waals surface area (Å²) in [4.78, 5) is 4.88. The Balaban J connectivity index is 2.06. The standard InChI is InChI=1S/C18H31N3/c1-6-17(19-7-2)15-8-10-16(11-9-15)21-12-14(3)18(13-21)20(4)5/h8-11,14,17-19H,6-7,12-13H2,1-5H3. The zero-order valence-electron chi connectivity index (χ0n) is 14.3. The summed E-state index contributed by atoms with van der Waals surface area (Å²) in [7, 11) is 4.38. The van der Waals surface area contributed by atoms with Crippen LogP contribution in [-0.2, 0) is 0 Å². The number of hydrogen-bond acceptors (Lipinski definition) is 3. The van der Waals surface area contributed by atoms with Gasteiger partial charge in [0.2, 0.25) is 0 Å². The van der Waals surface area contributed by atoms with Gasteiger partial charge in [-0.2, -0.15) is 0 Å². The summed E-state index contributed by atoms with van der Waals surface area (Å²) in [5.41, 5.74) is 2.76. The van der Waals surface area contributed by atoms with Gasteiger partial charge in [-0.15, -0.1) is 0 Å². The van der Waals surface area contributed by atoms with Crippen LogP contribution in [0.1, 0.15) is 38.8 Å². The van der Waals surface area contributed by atoms with Crippen molar-refractivity contribution >= 4 is 5.69 Å². The molecule has 3 heteroatoms. The van der Waals surface area contributed by atoms with Gasteiger partial charge in [-0.3, -0.25) is 0 Å². The Kier molecular flexibility index (Phi) is 5.65. The molecule has 0 bridgehead atoms. The van der Waals surface area contributed by atoms with Crippen molar-refractivity contribution in [1.29, 1.82) is 0 Å². The lowest BCUT2D eigenvalue weighted by atomic mass is 10.0. The van der Waals surface area contributed by atoms with Crippen LogP contribution in [0.25, 0.3) is 0 Å². The molecule has 1 aliphatic rings. The molecule has 3 unspecified atom stereocenters. The largest absolute Gasteiger partial charge is 0.370 e. The lowest BCUT2D eigenvalue weighted by Crippen LogP contribution is -2.34. The maximum atomic E-state index is 3.55. The van der Waals surface area contributed by atoms with E-state index in [1.807, 2.05) is 0 Å². The normalized spacial score (nSPS) is 23.8. The number of benzene rings is 1. The van der Waals surface area contributed by atoms with Crippen LogP contribution in [0, 0.1) is 5.92 Å². The first-order chi connectivity index (χ1) is 10.1. The second-order valence-electron chi connectivity index (χ2n) is 6.52. The molecular formula is C18H31N3. The molecular weight excluding hydrogens is 258 g/mol. The molecule has 3 nitrogen and oxygen atoms in total. The first-order valence-electron chi connectivity index (χ1n) is 8.31. The van der Waals surface area contributed by atoms with Gasteiger partial charge < -0.3 is 15.1 Å². The summed E-state index contributed by atoms with van der Waals surface area (Å²) in [5, 5.41) is 3.55. The maximum absolute atomic E-state index is 3.55. The van der Waals surface area contributed by atoms with E-state index in [0.717, 1.165) is 32.0 Å². The van der Waals surface area contributed by atoms with Crippen LogP contribution in [0.15, 0.2) is 24.3 Å². The van der Waals surface area contributed by atoms with Gasteiger partial charge in [0.05, 0.1) is 0 Å². The highest BCUT2D eigenvalue weighted by Crippen LogP contribution is 2.27. The van der Waals surface area contributed by atoms with Gasteiger partial charge in [0.25, 0.3) is 0 Å². The van der Waals surface area contributed by atoms with Crippen molar-refractivity contribution in [2.75, 3.05) is 38.6 Å². The van der Waals surface area contributed by atoms with Crippen molar-refractivity contribution in [2.45, 2.75) is 39.3 Å².